The molecule has 2 aromatic heterocycles. The summed E-state index contributed by atoms with van der Waals surface area (Å²) in [6.07, 6.45) is 3.65. The highest BCUT2D eigenvalue weighted by atomic mass is 32.1. The van der Waals surface area contributed by atoms with Gasteiger partial charge in [0.05, 0.1) is 6.54 Å². The lowest BCUT2D eigenvalue weighted by atomic mass is 10.3. The van der Waals surface area contributed by atoms with E-state index in [1.807, 2.05) is 7.05 Å². The lowest BCUT2D eigenvalue weighted by Crippen LogP contribution is -2.17. The van der Waals surface area contributed by atoms with Gasteiger partial charge in [0, 0.05) is 24.0 Å². The maximum Gasteiger partial charge on any atom is 0.226 e. The number of hydrogen-bond donors (Lipinski definition) is 1. The fourth-order valence-electron chi connectivity index (χ4n) is 1.63. The van der Waals surface area contributed by atoms with Crippen molar-refractivity contribution in [1.29, 1.82) is 0 Å². The molecule has 2 heterocycles. The molecule has 0 aliphatic carbocycles. The monoisotopic (exact) mass is 267 g/mol. The van der Waals surface area contributed by atoms with Crippen LogP contribution >= 0.6 is 11.3 Å². The summed E-state index contributed by atoms with van der Waals surface area (Å²) in [7, 11) is 2.01. The zero-order valence-corrected chi connectivity index (χ0v) is 11.4. The average Bonchev–Trinajstić information content (AvgIpc) is 2.89. The first-order chi connectivity index (χ1) is 8.67. The van der Waals surface area contributed by atoms with Crippen molar-refractivity contribution in [2.75, 3.05) is 12.8 Å². The molecule has 0 amide bonds. The normalized spacial score (nSPS) is 11.3. The van der Waals surface area contributed by atoms with Crippen molar-refractivity contribution in [1.82, 2.24) is 20.0 Å². The highest BCUT2D eigenvalue weighted by Gasteiger charge is 2.09. The van der Waals surface area contributed by atoms with Crippen LogP contribution in [0.5, 0.6) is 0 Å². The summed E-state index contributed by atoms with van der Waals surface area (Å²) in [5.41, 5.74) is 5.59. The van der Waals surface area contributed by atoms with E-state index in [0.29, 0.717) is 17.6 Å². The van der Waals surface area contributed by atoms with E-state index in [0.717, 1.165) is 30.1 Å². The fourth-order valence-corrected chi connectivity index (χ4v) is 2.39. The average molecular weight is 267 g/mol. The van der Waals surface area contributed by atoms with Gasteiger partial charge in [-0.25, -0.2) is 4.98 Å². The van der Waals surface area contributed by atoms with Crippen LogP contribution in [0.3, 0.4) is 0 Å². The second-order valence-corrected chi connectivity index (χ2v) is 5.34. The molecular weight excluding hydrogens is 250 g/mol. The van der Waals surface area contributed by atoms with Crippen molar-refractivity contribution in [3.05, 3.63) is 22.8 Å². The molecular formula is C11H17N5OS. The molecule has 98 valence electrons. The Bertz CT molecular complexity index is 495. The van der Waals surface area contributed by atoms with Crippen LogP contribution in [0.25, 0.3) is 0 Å². The van der Waals surface area contributed by atoms with Crippen LogP contribution in [0.2, 0.25) is 0 Å². The maximum absolute atomic E-state index is 5.59. The Morgan fingerprint density at radius 3 is 2.94 bits per heavy atom. The summed E-state index contributed by atoms with van der Waals surface area (Å²) in [4.78, 5) is 11.6. The molecule has 2 N–H and O–H groups in total. The van der Waals surface area contributed by atoms with Crippen molar-refractivity contribution in [3.8, 4) is 0 Å². The molecule has 7 heteroatoms. The van der Waals surface area contributed by atoms with E-state index in [1.54, 1.807) is 6.20 Å². The van der Waals surface area contributed by atoms with E-state index in [9.17, 15) is 0 Å². The van der Waals surface area contributed by atoms with Crippen LogP contribution in [0.4, 0.5) is 5.13 Å². The molecule has 0 atom stereocenters. The molecule has 0 saturated carbocycles. The zero-order chi connectivity index (χ0) is 13.0. The van der Waals surface area contributed by atoms with Crippen LogP contribution in [0.15, 0.2) is 10.7 Å². The molecule has 0 bridgehead atoms. The van der Waals surface area contributed by atoms with E-state index in [-0.39, 0.29) is 0 Å². The molecule has 6 nitrogen and oxygen atoms in total. The number of hydrogen-bond acceptors (Lipinski definition) is 7. The van der Waals surface area contributed by atoms with Crippen LogP contribution in [-0.4, -0.2) is 27.1 Å². The Kier molecular flexibility index (Phi) is 4.27. The SMILES string of the molecule is CCCc1nc(CN(C)Cc2cnc(N)s2)no1. The third-order valence-electron chi connectivity index (χ3n) is 2.38. The van der Waals surface area contributed by atoms with Gasteiger partial charge in [-0.2, -0.15) is 4.98 Å². The van der Waals surface area contributed by atoms with Gasteiger partial charge in [0.2, 0.25) is 5.89 Å². The highest BCUT2D eigenvalue weighted by Crippen LogP contribution is 2.16. The summed E-state index contributed by atoms with van der Waals surface area (Å²) in [6, 6.07) is 0. The minimum atomic E-state index is 0.600. The smallest absolute Gasteiger partial charge is 0.226 e. The molecule has 2 rings (SSSR count). The summed E-state index contributed by atoms with van der Waals surface area (Å²) in [5, 5.41) is 4.56. The minimum Gasteiger partial charge on any atom is -0.375 e. The first-order valence-corrected chi connectivity index (χ1v) is 6.69. The van der Waals surface area contributed by atoms with Gasteiger partial charge < -0.3 is 10.3 Å². The largest absolute Gasteiger partial charge is 0.375 e. The second kappa shape index (κ2) is 5.92. The Morgan fingerprint density at radius 1 is 1.44 bits per heavy atom. The molecule has 0 fully saturated rings. The molecule has 0 saturated heterocycles. The number of rotatable bonds is 6. The molecule has 18 heavy (non-hydrogen) atoms. The van der Waals surface area contributed by atoms with Gasteiger partial charge in [-0.15, -0.1) is 11.3 Å². The molecule has 0 spiro atoms. The molecule has 0 radical (unpaired) electrons. The van der Waals surface area contributed by atoms with Gasteiger partial charge in [0.25, 0.3) is 0 Å². The number of aryl methyl sites for hydroxylation is 1. The molecule has 0 unspecified atom stereocenters. The van der Waals surface area contributed by atoms with E-state index in [4.69, 9.17) is 10.3 Å². The zero-order valence-electron chi connectivity index (χ0n) is 10.6. The van der Waals surface area contributed by atoms with Crippen LogP contribution in [0, 0.1) is 0 Å². The van der Waals surface area contributed by atoms with Crippen molar-refractivity contribution < 1.29 is 4.52 Å². The van der Waals surface area contributed by atoms with Crippen LogP contribution < -0.4 is 5.73 Å². The predicted octanol–water partition coefficient (Wildman–Crippen LogP) is 1.69. The Morgan fingerprint density at radius 2 is 2.28 bits per heavy atom. The third-order valence-corrected chi connectivity index (χ3v) is 3.19. The van der Waals surface area contributed by atoms with Crippen molar-refractivity contribution in [2.45, 2.75) is 32.9 Å². The number of aromatic nitrogens is 3. The van der Waals surface area contributed by atoms with E-state index >= 15 is 0 Å². The Labute approximate surface area is 110 Å². The number of nitrogen functional groups attached to an aromatic ring is 1. The Hall–Kier alpha value is -1.47. The van der Waals surface area contributed by atoms with Gasteiger partial charge in [0.15, 0.2) is 11.0 Å². The number of anilines is 1. The van der Waals surface area contributed by atoms with Gasteiger partial charge in [0.1, 0.15) is 0 Å². The van der Waals surface area contributed by atoms with E-state index in [1.165, 1.54) is 11.3 Å². The van der Waals surface area contributed by atoms with Gasteiger partial charge in [-0.3, -0.25) is 4.90 Å². The van der Waals surface area contributed by atoms with E-state index < -0.39 is 0 Å². The highest BCUT2D eigenvalue weighted by molar-refractivity contribution is 7.15. The number of nitrogens with two attached hydrogens (primary N) is 1. The standard InChI is InChI=1S/C11H17N5OS/c1-3-4-10-14-9(15-17-10)7-16(2)6-8-5-13-11(12)18-8/h5H,3-4,6-7H2,1-2H3,(H2,12,13). The minimum absolute atomic E-state index is 0.600. The van der Waals surface area contributed by atoms with Gasteiger partial charge in [-0.05, 0) is 13.5 Å². The predicted molar refractivity (Wildman–Crippen MR) is 70.0 cm³/mol. The Balaban J connectivity index is 1.88. The molecule has 0 aromatic carbocycles. The van der Waals surface area contributed by atoms with Crippen LogP contribution in [-0.2, 0) is 19.5 Å². The first-order valence-electron chi connectivity index (χ1n) is 5.87. The summed E-state index contributed by atoms with van der Waals surface area (Å²) in [5.74, 6) is 1.43. The number of thiazole rings is 1. The lowest BCUT2D eigenvalue weighted by molar-refractivity contribution is 0.301. The summed E-state index contributed by atoms with van der Waals surface area (Å²) in [6.45, 7) is 3.53. The third kappa shape index (κ3) is 3.51. The van der Waals surface area contributed by atoms with Crippen molar-refractivity contribution in [2.24, 2.45) is 0 Å². The molecule has 0 aliphatic heterocycles. The van der Waals surface area contributed by atoms with E-state index in [2.05, 4.69) is 26.9 Å². The summed E-state index contributed by atoms with van der Waals surface area (Å²) < 4.78 is 5.14. The van der Waals surface area contributed by atoms with Gasteiger partial charge >= 0.3 is 0 Å². The summed E-state index contributed by atoms with van der Waals surface area (Å²) >= 11 is 1.50. The van der Waals surface area contributed by atoms with Crippen molar-refractivity contribution in [3.63, 3.8) is 0 Å². The van der Waals surface area contributed by atoms with Crippen LogP contribution in [0.1, 0.15) is 29.9 Å². The maximum atomic E-state index is 5.59. The quantitative estimate of drug-likeness (QED) is 0.857. The topological polar surface area (TPSA) is 81.1 Å². The lowest BCUT2D eigenvalue weighted by Gasteiger charge is -2.11. The number of nitrogens with zero attached hydrogens (tertiary/aromatic N) is 4. The molecule has 2 aromatic rings. The first kappa shape index (κ1) is 13.0. The van der Waals surface area contributed by atoms with Crippen molar-refractivity contribution >= 4 is 16.5 Å². The van der Waals surface area contributed by atoms with Gasteiger partial charge in [-0.1, -0.05) is 12.1 Å². The fraction of sp³-hybridized carbons (Fsp3) is 0.545. The molecule has 0 aliphatic rings. The second-order valence-electron chi connectivity index (χ2n) is 4.19.